The Labute approximate surface area is 120 Å². The SMILES string of the molecule is Cc1ccc2nc(N3CC(S(N)(=O)=O)CC3=O)sc2c1. The van der Waals surface area contributed by atoms with Crippen molar-refractivity contribution >= 4 is 42.6 Å². The molecule has 1 aliphatic heterocycles. The highest BCUT2D eigenvalue weighted by molar-refractivity contribution is 7.89. The van der Waals surface area contributed by atoms with Crippen LogP contribution in [0.3, 0.4) is 0 Å². The van der Waals surface area contributed by atoms with Gasteiger partial charge in [-0.2, -0.15) is 0 Å². The lowest BCUT2D eigenvalue weighted by atomic mass is 10.2. The fourth-order valence-corrected chi connectivity index (χ4v) is 4.04. The van der Waals surface area contributed by atoms with Crippen molar-refractivity contribution in [3.63, 3.8) is 0 Å². The third-order valence-electron chi connectivity index (χ3n) is 3.32. The summed E-state index contributed by atoms with van der Waals surface area (Å²) in [7, 11) is -3.70. The van der Waals surface area contributed by atoms with Gasteiger partial charge in [-0.25, -0.2) is 18.5 Å². The van der Waals surface area contributed by atoms with Crippen LogP contribution in [0.1, 0.15) is 12.0 Å². The molecule has 1 aliphatic rings. The summed E-state index contributed by atoms with van der Waals surface area (Å²) in [5.41, 5.74) is 1.92. The summed E-state index contributed by atoms with van der Waals surface area (Å²) in [5, 5.41) is 4.80. The zero-order valence-corrected chi connectivity index (χ0v) is 12.4. The lowest BCUT2D eigenvalue weighted by Crippen LogP contribution is -2.32. The van der Waals surface area contributed by atoms with Crippen LogP contribution in [0.5, 0.6) is 0 Å². The Balaban J connectivity index is 1.97. The van der Waals surface area contributed by atoms with E-state index >= 15 is 0 Å². The number of primary sulfonamides is 1. The van der Waals surface area contributed by atoms with Crippen LogP contribution in [0.4, 0.5) is 5.13 Å². The van der Waals surface area contributed by atoms with Gasteiger partial charge in [-0.1, -0.05) is 17.4 Å². The Hall–Kier alpha value is -1.51. The van der Waals surface area contributed by atoms with Crippen molar-refractivity contribution in [1.29, 1.82) is 0 Å². The van der Waals surface area contributed by atoms with E-state index in [1.807, 2.05) is 25.1 Å². The van der Waals surface area contributed by atoms with Gasteiger partial charge in [0.15, 0.2) is 5.13 Å². The number of sulfonamides is 1. The van der Waals surface area contributed by atoms with E-state index in [2.05, 4.69) is 4.98 Å². The number of aromatic nitrogens is 1. The van der Waals surface area contributed by atoms with Crippen LogP contribution in [0.15, 0.2) is 18.2 Å². The highest BCUT2D eigenvalue weighted by Crippen LogP contribution is 2.32. The molecule has 1 amide bonds. The molecule has 0 bridgehead atoms. The summed E-state index contributed by atoms with van der Waals surface area (Å²) in [6.45, 7) is 2.06. The number of amides is 1. The molecule has 2 aromatic rings. The molecule has 1 aromatic heterocycles. The van der Waals surface area contributed by atoms with Crippen molar-refractivity contribution in [2.75, 3.05) is 11.4 Å². The monoisotopic (exact) mass is 311 g/mol. The number of nitrogens with two attached hydrogens (primary N) is 1. The molecule has 106 valence electrons. The lowest BCUT2D eigenvalue weighted by Gasteiger charge is -2.11. The van der Waals surface area contributed by atoms with Crippen LogP contribution in [0.25, 0.3) is 10.2 Å². The molecule has 8 heteroatoms. The van der Waals surface area contributed by atoms with Gasteiger partial charge in [0.05, 0.1) is 10.2 Å². The van der Waals surface area contributed by atoms with Gasteiger partial charge >= 0.3 is 0 Å². The van der Waals surface area contributed by atoms with Crippen LogP contribution in [-0.4, -0.2) is 31.1 Å². The number of fused-ring (bicyclic) bond motifs is 1. The van der Waals surface area contributed by atoms with Gasteiger partial charge in [0.1, 0.15) is 5.25 Å². The second-order valence-corrected chi connectivity index (χ2v) is 7.74. The molecule has 2 heterocycles. The molecular formula is C12H13N3O3S2. The van der Waals surface area contributed by atoms with Gasteiger partial charge < -0.3 is 0 Å². The fourth-order valence-electron chi connectivity index (χ4n) is 2.21. The van der Waals surface area contributed by atoms with Crippen molar-refractivity contribution in [3.8, 4) is 0 Å². The largest absolute Gasteiger partial charge is 0.287 e. The van der Waals surface area contributed by atoms with Gasteiger partial charge in [-0.15, -0.1) is 0 Å². The summed E-state index contributed by atoms with van der Waals surface area (Å²) >= 11 is 1.38. The second kappa shape index (κ2) is 4.51. The Kier molecular flexibility index (Phi) is 3.03. The number of carbonyl (C=O) groups is 1. The van der Waals surface area contributed by atoms with E-state index in [4.69, 9.17) is 5.14 Å². The molecule has 0 radical (unpaired) electrons. The number of rotatable bonds is 2. The predicted molar refractivity (Wildman–Crippen MR) is 78.2 cm³/mol. The zero-order valence-electron chi connectivity index (χ0n) is 10.7. The first-order chi connectivity index (χ1) is 9.34. The van der Waals surface area contributed by atoms with E-state index in [1.54, 1.807) is 0 Å². The highest BCUT2D eigenvalue weighted by Gasteiger charge is 2.38. The van der Waals surface area contributed by atoms with Crippen LogP contribution in [0.2, 0.25) is 0 Å². The number of carbonyl (C=O) groups excluding carboxylic acids is 1. The van der Waals surface area contributed by atoms with Crippen molar-refractivity contribution < 1.29 is 13.2 Å². The molecule has 0 aliphatic carbocycles. The standard InChI is InChI=1S/C12H13N3O3S2/c1-7-2-3-9-10(4-7)19-12(14-9)15-6-8(5-11(15)16)20(13,17)18/h2-4,8H,5-6H2,1H3,(H2,13,17,18). The third-order valence-corrected chi connectivity index (χ3v) is 5.60. The van der Waals surface area contributed by atoms with E-state index in [-0.39, 0.29) is 18.9 Å². The van der Waals surface area contributed by atoms with E-state index < -0.39 is 15.3 Å². The molecule has 20 heavy (non-hydrogen) atoms. The van der Waals surface area contributed by atoms with Gasteiger partial charge in [0.2, 0.25) is 15.9 Å². The van der Waals surface area contributed by atoms with Crippen LogP contribution < -0.4 is 10.0 Å². The Bertz CT molecular complexity index is 797. The fraction of sp³-hybridized carbons (Fsp3) is 0.333. The molecule has 1 fully saturated rings. The number of hydrogen-bond donors (Lipinski definition) is 1. The van der Waals surface area contributed by atoms with Crippen LogP contribution in [-0.2, 0) is 14.8 Å². The first-order valence-electron chi connectivity index (χ1n) is 6.04. The number of aryl methyl sites for hydroxylation is 1. The summed E-state index contributed by atoms with van der Waals surface area (Å²) in [5.74, 6) is -0.250. The maximum absolute atomic E-state index is 11.9. The maximum Gasteiger partial charge on any atom is 0.230 e. The number of benzene rings is 1. The molecule has 0 saturated carbocycles. The predicted octanol–water partition coefficient (Wildman–Crippen LogP) is 0.999. The van der Waals surface area contributed by atoms with E-state index in [1.165, 1.54) is 16.2 Å². The molecule has 1 atom stereocenters. The molecule has 1 unspecified atom stereocenters. The van der Waals surface area contributed by atoms with E-state index in [0.29, 0.717) is 5.13 Å². The van der Waals surface area contributed by atoms with E-state index in [0.717, 1.165) is 15.8 Å². The summed E-state index contributed by atoms with van der Waals surface area (Å²) in [4.78, 5) is 17.8. The average molecular weight is 311 g/mol. The molecule has 0 spiro atoms. The topological polar surface area (TPSA) is 93.4 Å². The third kappa shape index (κ3) is 2.30. The quantitative estimate of drug-likeness (QED) is 0.895. The molecule has 6 nitrogen and oxygen atoms in total. The minimum Gasteiger partial charge on any atom is -0.287 e. The van der Waals surface area contributed by atoms with Crippen LogP contribution >= 0.6 is 11.3 Å². The second-order valence-electron chi connectivity index (χ2n) is 4.89. The highest BCUT2D eigenvalue weighted by atomic mass is 32.2. The normalized spacial score (nSPS) is 20.0. The number of anilines is 1. The Morgan fingerprint density at radius 1 is 1.45 bits per heavy atom. The summed E-state index contributed by atoms with van der Waals surface area (Å²) < 4.78 is 23.7. The van der Waals surface area contributed by atoms with Crippen molar-refractivity contribution in [2.45, 2.75) is 18.6 Å². The van der Waals surface area contributed by atoms with Crippen molar-refractivity contribution in [3.05, 3.63) is 23.8 Å². The summed E-state index contributed by atoms with van der Waals surface area (Å²) in [6, 6.07) is 5.83. The first kappa shape index (κ1) is 13.5. The van der Waals surface area contributed by atoms with Crippen molar-refractivity contribution in [1.82, 2.24) is 4.98 Å². The maximum atomic E-state index is 11.9. The smallest absolute Gasteiger partial charge is 0.230 e. The lowest BCUT2D eigenvalue weighted by molar-refractivity contribution is -0.117. The summed E-state index contributed by atoms with van der Waals surface area (Å²) in [6.07, 6.45) is -0.0756. The minimum absolute atomic E-state index is 0.0756. The molecule has 1 aromatic carbocycles. The minimum atomic E-state index is -3.70. The van der Waals surface area contributed by atoms with Gasteiger partial charge in [0, 0.05) is 13.0 Å². The Morgan fingerprint density at radius 3 is 2.85 bits per heavy atom. The molecular weight excluding hydrogens is 298 g/mol. The van der Waals surface area contributed by atoms with Crippen LogP contribution in [0, 0.1) is 6.92 Å². The molecule has 1 saturated heterocycles. The Morgan fingerprint density at radius 2 is 2.20 bits per heavy atom. The number of nitrogens with zero attached hydrogens (tertiary/aromatic N) is 2. The molecule has 3 rings (SSSR count). The molecule has 2 N–H and O–H groups in total. The van der Waals surface area contributed by atoms with Gasteiger partial charge in [-0.05, 0) is 24.6 Å². The van der Waals surface area contributed by atoms with Gasteiger partial charge in [0.25, 0.3) is 0 Å². The first-order valence-corrected chi connectivity index (χ1v) is 8.46. The number of thiazole rings is 1. The van der Waals surface area contributed by atoms with Crippen molar-refractivity contribution in [2.24, 2.45) is 5.14 Å². The number of hydrogen-bond acceptors (Lipinski definition) is 5. The van der Waals surface area contributed by atoms with E-state index in [9.17, 15) is 13.2 Å². The average Bonchev–Trinajstić information content (AvgIpc) is 2.90. The zero-order chi connectivity index (χ0) is 14.5. The van der Waals surface area contributed by atoms with Gasteiger partial charge in [-0.3, -0.25) is 9.69 Å².